The van der Waals surface area contributed by atoms with E-state index in [2.05, 4.69) is 11.1 Å². The van der Waals surface area contributed by atoms with Crippen LogP contribution in [0.3, 0.4) is 0 Å². The highest BCUT2D eigenvalue weighted by Crippen LogP contribution is 2.55. The molecule has 2 aliphatic rings. The van der Waals surface area contributed by atoms with Crippen molar-refractivity contribution in [2.24, 2.45) is 0 Å². The van der Waals surface area contributed by atoms with Crippen molar-refractivity contribution in [3.63, 3.8) is 0 Å². The fourth-order valence-corrected chi connectivity index (χ4v) is 8.87. The van der Waals surface area contributed by atoms with Crippen LogP contribution < -0.4 is 23.4 Å². The molecule has 2 amide bonds. The number of amides is 2. The average molecular weight is 690 g/mol. The van der Waals surface area contributed by atoms with E-state index in [0.29, 0.717) is 15.2 Å². The molecule has 0 saturated carbocycles. The number of ether oxygens (including phenoxy) is 3. The topological polar surface area (TPSA) is 163 Å². The van der Waals surface area contributed by atoms with Crippen LogP contribution in [-0.2, 0) is 20.2 Å². The highest BCUT2D eigenvalue weighted by atomic mass is 32.2. The number of aromatic nitrogens is 1. The second-order valence-corrected chi connectivity index (χ2v) is 13.6. The minimum Gasteiger partial charge on any atom is -0.497 e. The molecular formula is C33H31N5O8S2. The maximum absolute atomic E-state index is 15.5. The Kier molecular flexibility index (Phi) is 8.63. The molecule has 0 aliphatic carbocycles. The number of carbonyl (C=O) groups is 2. The van der Waals surface area contributed by atoms with Crippen molar-refractivity contribution in [3.8, 4) is 23.3 Å². The number of benzene rings is 3. The highest BCUT2D eigenvalue weighted by molar-refractivity contribution is 7.93. The number of fused-ring (bicyclic) bond motifs is 1. The van der Waals surface area contributed by atoms with Crippen molar-refractivity contribution in [3.05, 3.63) is 88.9 Å². The minimum atomic E-state index is -4.74. The fourth-order valence-electron chi connectivity index (χ4n) is 6.57. The Labute approximate surface area is 281 Å². The van der Waals surface area contributed by atoms with Crippen molar-refractivity contribution >= 4 is 44.2 Å². The van der Waals surface area contributed by atoms with Gasteiger partial charge < -0.3 is 29.1 Å². The van der Waals surface area contributed by atoms with E-state index in [1.807, 2.05) is 4.90 Å². The molecule has 4 aromatic rings. The number of rotatable bonds is 9. The maximum atomic E-state index is 15.5. The van der Waals surface area contributed by atoms with Crippen molar-refractivity contribution in [2.45, 2.75) is 23.3 Å². The first-order valence-corrected chi connectivity index (χ1v) is 17.2. The molecule has 248 valence electrons. The summed E-state index contributed by atoms with van der Waals surface area (Å²) < 4.78 is 47.0. The van der Waals surface area contributed by atoms with E-state index < -0.39 is 33.5 Å². The molecule has 0 radical (unpaired) electrons. The molecule has 0 bridgehead atoms. The zero-order valence-corrected chi connectivity index (χ0v) is 27.8. The number of hydrogen-bond donors (Lipinski definition) is 1. The Bertz CT molecular complexity index is 2030. The van der Waals surface area contributed by atoms with E-state index in [1.54, 1.807) is 42.8 Å². The third kappa shape index (κ3) is 5.04. The molecule has 2 unspecified atom stereocenters. The number of nitriles is 1. The molecule has 15 heteroatoms. The van der Waals surface area contributed by atoms with Crippen LogP contribution in [0, 0.1) is 11.3 Å². The summed E-state index contributed by atoms with van der Waals surface area (Å²) in [5.74, 6) is -0.405. The summed E-state index contributed by atoms with van der Waals surface area (Å²) in [6, 6.07) is 16.0. The first-order valence-electron chi connectivity index (χ1n) is 14.9. The first kappa shape index (κ1) is 32.6. The van der Waals surface area contributed by atoms with E-state index in [9.17, 15) is 23.6 Å². The molecule has 1 fully saturated rings. The molecule has 2 atom stereocenters. The van der Waals surface area contributed by atoms with E-state index in [0.717, 1.165) is 4.90 Å². The third-order valence-corrected chi connectivity index (χ3v) is 11.2. The minimum absolute atomic E-state index is 0.0161. The predicted molar refractivity (Wildman–Crippen MR) is 177 cm³/mol. The molecule has 6 rings (SSSR count). The van der Waals surface area contributed by atoms with Gasteiger partial charge in [0.15, 0.2) is 5.13 Å². The van der Waals surface area contributed by atoms with E-state index in [4.69, 9.17) is 14.2 Å². The highest BCUT2D eigenvalue weighted by Gasteiger charge is 2.64. The van der Waals surface area contributed by atoms with Crippen LogP contribution in [0.1, 0.15) is 23.6 Å². The molecule has 1 N–H and O–H groups in total. The zero-order valence-electron chi connectivity index (χ0n) is 26.2. The van der Waals surface area contributed by atoms with E-state index >= 15 is 4.79 Å². The van der Waals surface area contributed by atoms with Crippen LogP contribution in [-0.4, -0.2) is 81.9 Å². The second-order valence-electron chi connectivity index (χ2n) is 10.9. The number of sulfonamides is 1. The smallest absolute Gasteiger partial charge is 0.407 e. The lowest BCUT2D eigenvalue weighted by Crippen LogP contribution is -2.66. The summed E-state index contributed by atoms with van der Waals surface area (Å²) >= 11 is 1.36. The lowest BCUT2D eigenvalue weighted by molar-refractivity contribution is -0.122. The quantitative estimate of drug-likeness (QED) is 0.266. The molecule has 48 heavy (non-hydrogen) atoms. The van der Waals surface area contributed by atoms with Gasteiger partial charge in [-0.2, -0.15) is 5.26 Å². The van der Waals surface area contributed by atoms with Crippen LogP contribution in [0.15, 0.2) is 77.1 Å². The van der Waals surface area contributed by atoms with Gasteiger partial charge in [-0.15, -0.1) is 11.3 Å². The molecular weight excluding hydrogens is 659 g/mol. The van der Waals surface area contributed by atoms with Crippen molar-refractivity contribution < 1.29 is 37.3 Å². The number of carbonyl (C=O) groups excluding carboxylic acids is 1. The number of anilines is 2. The number of piperazine rings is 1. The summed E-state index contributed by atoms with van der Waals surface area (Å²) in [5.41, 5.74) is -1.48. The largest absolute Gasteiger partial charge is 0.497 e. The number of thiazole rings is 1. The summed E-state index contributed by atoms with van der Waals surface area (Å²) in [6.07, 6.45) is 0.334. The zero-order chi connectivity index (χ0) is 34.2. The van der Waals surface area contributed by atoms with Crippen LogP contribution in [0.25, 0.3) is 0 Å². The van der Waals surface area contributed by atoms with E-state index in [1.165, 1.54) is 62.0 Å². The molecule has 0 spiro atoms. The average Bonchev–Trinajstić information content (AvgIpc) is 3.73. The molecule has 1 saturated heterocycles. The van der Waals surface area contributed by atoms with Gasteiger partial charge in [0, 0.05) is 48.4 Å². The van der Waals surface area contributed by atoms with Gasteiger partial charge in [0.05, 0.1) is 44.2 Å². The summed E-state index contributed by atoms with van der Waals surface area (Å²) in [4.78, 5) is 35.7. The number of hydrogen-bond acceptors (Lipinski definition) is 11. The number of nitrogens with zero attached hydrogens (tertiary/aromatic N) is 5. The normalized spacial score (nSPS) is 19.1. The second kappa shape index (κ2) is 12.7. The first-order chi connectivity index (χ1) is 23.1. The molecule has 3 heterocycles. The van der Waals surface area contributed by atoms with Gasteiger partial charge in [0.25, 0.3) is 15.9 Å². The van der Waals surface area contributed by atoms with Crippen molar-refractivity contribution in [2.75, 3.05) is 49.7 Å². The number of para-hydroxylation sites is 1. The molecule has 2 aliphatic heterocycles. The van der Waals surface area contributed by atoms with Crippen LogP contribution in [0.4, 0.5) is 15.6 Å². The standard InChI is InChI=1S/C33H31N5O8S2/c1-4-46-26-8-6-5-7-23(26)33(29-20-36(31-35-13-16-47-31)14-15-37(29)32(40)41)24-17-21(19-34)9-11-25(24)38(30(33)39)48(42,43)28-12-10-22(44-2)18-27(28)45-3/h5-13,16-18,29H,4,14-15,20H2,1-3H3,(H,40,41). The Morgan fingerprint density at radius 2 is 1.88 bits per heavy atom. The maximum Gasteiger partial charge on any atom is 0.407 e. The SMILES string of the molecule is CCOc1ccccc1C1(C2CN(c3nccs3)CCN2C(=O)O)C(=O)N(S(=O)(=O)c2ccc(OC)cc2OC)c2ccc(C#N)cc21. The predicted octanol–water partition coefficient (Wildman–Crippen LogP) is 4.32. The Balaban J connectivity index is 1.69. The number of methoxy groups -OCH3 is 2. The van der Waals surface area contributed by atoms with Crippen LogP contribution in [0.5, 0.6) is 17.2 Å². The molecule has 13 nitrogen and oxygen atoms in total. The summed E-state index contributed by atoms with van der Waals surface area (Å²) in [6.45, 7) is 2.21. The molecule has 3 aromatic carbocycles. The van der Waals surface area contributed by atoms with Gasteiger partial charge in [0.1, 0.15) is 27.6 Å². The Morgan fingerprint density at radius 3 is 2.54 bits per heavy atom. The van der Waals surface area contributed by atoms with Gasteiger partial charge in [-0.3, -0.25) is 4.79 Å². The Hall–Kier alpha value is -5.33. The van der Waals surface area contributed by atoms with Gasteiger partial charge in [-0.1, -0.05) is 18.2 Å². The van der Waals surface area contributed by atoms with Gasteiger partial charge >= 0.3 is 6.09 Å². The third-order valence-electron chi connectivity index (χ3n) is 8.61. The van der Waals surface area contributed by atoms with E-state index in [-0.39, 0.29) is 65.0 Å². The van der Waals surface area contributed by atoms with Crippen molar-refractivity contribution in [1.29, 1.82) is 5.26 Å². The monoisotopic (exact) mass is 689 g/mol. The lowest BCUT2D eigenvalue weighted by Gasteiger charge is -2.48. The van der Waals surface area contributed by atoms with Crippen LogP contribution in [0.2, 0.25) is 0 Å². The summed E-state index contributed by atoms with van der Waals surface area (Å²) in [5, 5.41) is 23.0. The van der Waals surface area contributed by atoms with Gasteiger partial charge in [-0.05, 0) is 43.3 Å². The Morgan fingerprint density at radius 1 is 1.08 bits per heavy atom. The van der Waals surface area contributed by atoms with Gasteiger partial charge in [-0.25, -0.2) is 22.5 Å². The summed E-state index contributed by atoms with van der Waals surface area (Å²) in [7, 11) is -2.01. The lowest BCUT2D eigenvalue weighted by atomic mass is 9.68. The van der Waals surface area contributed by atoms with Crippen LogP contribution >= 0.6 is 11.3 Å². The van der Waals surface area contributed by atoms with Crippen molar-refractivity contribution in [1.82, 2.24) is 9.88 Å². The number of carboxylic acid groups (broad SMARTS) is 1. The van der Waals surface area contributed by atoms with Gasteiger partial charge in [0.2, 0.25) is 0 Å². The molecule has 1 aromatic heterocycles. The fraction of sp³-hybridized carbons (Fsp3) is 0.273.